The van der Waals surface area contributed by atoms with Gasteiger partial charge in [-0.25, -0.2) is 8.42 Å². The minimum atomic E-state index is -3.78. The van der Waals surface area contributed by atoms with Crippen LogP contribution in [-0.4, -0.2) is 47.6 Å². The Bertz CT molecular complexity index is 855. The van der Waals surface area contributed by atoms with Crippen molar-refractivity contribution in [1.82, 2.24) is 10.0 Å². The van der Waals surface area contributed by atoms with Crippen molar-refractivity contribution in [2.24, 2.45) is 0 Å². The maximum atomic E-state index is 12.4. The first kappa shape index (κ1) is 21.7. The Morgan fingerprint density at radius 1 is 1.11 bits per heavy atom. The Morgan fingerprint density at radius 3 is 2.36 bits per heavy atom. The minimum Gasteiger partial charge on any atom is -0.497 e. The van der Waals surface area contributed by atoms with Crippen LogP contribution in [-0.2, 0) is 14.8 Å². The Morgan fingerprint density at radius 2 is 1.75 bits per heavy atom. The van der Waals surface area contributed by atoms with Crippen molar-refractivity contribution in [1.29, 1.82) is 0 Å². The zero-order valence-electron chi connectivity index (χ0n) is 16.4. The number of amides is 1. The Balaban J connectivity index is 1.78. The zero-order chi connectivity index (χ0) is 20.6. The van der Waals surface area contributed by atoms with E-state index in [1.165, 1.54) is 26.2 Å². The van der Waals surface area contributed by atoms with E-state index in [9.17, 15) is 13.2 Å². The molecule has 0 aliphatic heterocycles. The number of hydrogen-bond donors (Lipinski definition) is 2. The molecule has 0 aliphatic rings. The molecular weight excluding hydrogens is 378 g/mol. The summed E-state index contributed by atoms with van der Waals surface area (Å²) in [6.45, 7) is 2.76. The van der Waals surface area contributed by atoms with Crippen molar-refractivity contribution in [3.05, 3.63) is 54.6 Å². The molecule has 0 spiro atoms. The fourth-order valence-corrected chi connectivity index (χ4v) is 3.80. The molecule has 0 saturated heterocycles. The maximum absolute atomic E-state index is 12.4. The first-order chi connectivity index (χ1) is 13.3. The van der Waals surface area contributed by atoms with E-state index >= 15 is 0 Å². The molecule has 2 rings (SSSR count). The highest BCUT2D eigenvalue weighted by Gasteiger charge is 2.21. The number of carbonyl (C=O) groups is 1. The second-order valence-electron chi connectivity index (χ2n) is 6.42. The lowest BCUT2D eigenvalue weighted by Crippen LogP contribution is -2.45. The fourth-order valence-electron chi connectivity index (χ4n) is 2.60. The van der Waals surface area contributed by atoms with E-state index < -0.39 is 16.1 Å². The van der Waals surface area contributed by atoms with Gasteiger partial charge in [-0.05, 0) is 49.7 Å². The fraction of sp³-hybridized carbons (Fsp3) is 0.350. The molecule has 0 unspecified atom stereocenters. The molecule has 0 aromatic heterocycles. The van der Waals surface area contributed by atoms with Gasteiger partial charge in [0.05, 0.1) is 18.0 Å². The molecule has 8 heteroatoms. The highest BCUT2D eigenvalue weighted by Crippen LogP contribution is 2.15. The van der Waals surface area contributed by atoms with E-state index in [1.54, 1.807) is 12.1 Å². The van der Waals surface area contributed by atoms with Crippen LogP contribution in [0.1, 0.15) is 13.3 Å². The summed E-state index contributed by atoms with van der Waals surface area (Å²) in [5.74, 6) is 0.199. The largest absolute Gasteiger partial charge is 0.497 e. The van der Waals surface area contributed by atoms with Gasteiger partial charge in [0.1, 0.15) is 5.75 Å². The van der Waals surface area contributed by atoms with Gasteiger partial charge in [-0.15, -0.1) is 0 Å². The lowest BCUT2D eigenvalue weighted by molar-refractivity contribution is -0.122. The van der Waals surface area contributed by atoms with Gasteiger partial charge in [0.2, 0.25) is 15.9 Å². The molecule has 0 saturated carbocycles. The predicted octanol–water partition coefficient (Wildman–Crippen LogP) is 2.00. The van der Waals surface area contributed by atoms with Gasteiger partial charge in [-0.2, -0.15) is 4.72 Å². The number of benzene rings is 2. The second kappa shape index (κ2) is 10.1. The minimum absolute atomic E-state index is 0.0810. The van der Waals surface area contributed by atoms with Crippen LogP contribution in [0, 0.1) is 0 Å². The van der Waals surface area contributed by atoms with Crippen molar-refractivity contribution >= 4 is 21.6 Å². The Labute approximate surface area is 166 Å². The van der Waals surface area contributed by atoms with Crippen LogP contribution in [0.25, 0.3) is 0 Å². The van der Waals surface area contributed by atoms with Crippen molar-refractivity contribution in [3.8, 4) is 5.75 Å². The van der Waals surface area contributed by atoms with Gasteiger partial charge in [-0.1, -0.05) is 18.2 Å². The molecule has 1 atom stereocenters. The molecule has 0 radical (unpaired) electrons. The molecule has 0 bridgehead atoms. The number of anilines is 1. The molecule has 1 amide bonds. The normalized spacial score (nSPS) is 12.2. The summed E-state index contributed by atoms with van der Waals surface area (Å²) in [5.41, 5.74) is 1.11. The maximum Gasteiger partial charge on any atom is 0.241 e. The van der Waals surface area contributed by atoms with Gasteiger partial charge >= 0.3 is 0 Å². The van der Waals surface area contributed by atoms with Gasteiger partial charge in [-0.3, -0.25) is 4.79 Å². The number of rotatable bonds is 10. The summed E-state index contributed by atoms with van der Waals surface area (Å²) in [5, 5.41) is 2.77. The molecule has 0 fully saturated rings. The number of sulfonamides is 1. The smallest absolute Gasteiger partial charge is 0.241 e. The SMILES string of the molecule is COc1ccc(S(=O)(=O)N[C@@H](C)C(=O)NCCCN(C)c2ccccc2)cc1. The molecule has 7 nitrogen and oxygen atoms in total. The van der Waals surface area contributed by atoms with Crippen LogP contribution in [0.15, 0.2) is 59.5 Å². The van der Waals surface area contributed by atoms with Crippen LogP contribution in [0.4, 0.5) is 5.69 Å². The van der Waals surface area contributed by atoms with Gasteiger partial charge < -0.3 is 15.0 Å². The number of carbonyl (C=O) groups excluding carboxylic acids is 1. The molecule has 2 N–H and O–H groups in total. The molecule has 0 aliphatic carbocycles. The Kier molecular flexibility index (Phi) is 7.83. The highest BCUT2D eigenvalue weighted by atomic mass is 32.2. The van der Waals surface area contributed by atoms with Crippen molar-refractivity contribution < 1.29 is 17.9 Å². The molecule has 152 valence electrons. The van der Waals surface area contributed by atoms with Crippen LogP contribution in [0.3, 0.4) is 0 Å². The molecular formula is C20H27N3O4S. The van der Waals surface area contributed by atoms with E-state index in [0.29, 0.717) is 12.3 Å². The zero-order valence-corrected chi connectivity index (χ0v) is 17.2. The third kappa shape index (κ3) is 6.24. The molecule has 2 aromatic carbocycles. The van der Waals surface area contributed by atoms with Gasteiger partial charge in [0.25, 0.3) is 0 Å². The highest BCUT2D eigenvalue weighted by molar-refractivity contribution is 7.89. The van der Waals surface area contributed by atoms with E-state index in [-0.39, 0.29) is 10.8 Å². The third-order valence-corrected chi connectivity index (χ3v) is 5.82. The lowest BCUT2D eigenvalue weighted by Gasteiger charge is -2.19. The summed E-state index contributed by atoms with van der Waals surface area (Å²) in [6, 6.07) is 15.1. The number of nitrogens with one attached hydrogen (secondary N) is 2. The predicted molar refractivity (Wildman–Crippen MR) is 110 cm³/mol. The number of hydrogen-bond acceptors (Lipinski definition) is 5. The summed E-state index contributed by atoms with van der Waals surface area (Å²) in [6.07, 6.45) is 0.745. The van der Waals surface area contributed by atoms with Crippen LogP contribution in [0.2, 0.25) is 0 Å². The topological polar surface area (TPSA) is 87.7 Å². The standard InChI is InChI=1S/C20H27N3O4S/c1-16(22-28(25,26)19-12-10-18(27-3)11-13-19)20(24)21-14-7-15-23(2)17-8-5-4-6-9-17/h4-6,8-13,16,22H,7,14-15H2,1-3H3,(H,21,24)/t16-/m0/s1. The average Bonchev–Trinajstić information content (AvgIpc) is 2.71. The van der Waals surface area contributed by atoms with Crippen molar-refractivity contribution in [2.45, 2.75) is 24.3 Å². The van der Waals surface area contributed by atoms with Crippen LogP contribution < -0.4 is 19.7 Å². The quantitative estimate of drug-likeness (QED) is 0.591. The number of nitrogens with zero attached hydrogens (tertiary/aromatic N) is 1. The average molecular weight is 406 g/mol. The first-order valence-electron chi connectivity index (χ1n) is 9.04. The van der Waals surface area contributed by atoms with E-state index in [1.807, 2.05) is 37.4 Å². The molecule has 2 aromatic rings. The monoisotopic (exact) mass is 405 g/mol. The third-order valence-electron chi connectivity index (χ3n) is 4.26. The van der Waals surface area contributed by atoms with E-state index in [2.05, 4.69) is 14.9 Å². The van der Waals surface area contributed by atoms with Gasteiger partial charge in [0.15, 0.2) is 0 Å². The molecule has 28 heavy (non-hydrogen) atoms. The van der Waals surface area contributed by atoms with Crippen molar-refractivity contribution in [3.63, 3.8) is 0 Å². The van der Waals surface area contributed by atoms with Crippen molar-refractivity contribution in [2.75, 3.05) is 32.1 Å². The summed E-state index contributed by atoms with van der Waals surface area (Å²) in [4.78, 5) is 14.4. The van der Waals surface area contributed by atoms with Crippen LogP contribution in [0.5, 0.6) is 5.75 Å². The summed E-state index contributed by atoms with van der Waals surface area (Å²) in [7, 11) is -0.290. The second-order valence-corrected chi connectivity index (χ2v) is 8.13. The summed E-state index contributed by atoms with van der Waals surface area (Å²) < 4.78 is 32.2. The van der Waals surface area contributed by atoms with Gasteiger partial charge in [0, 0.05) is 25.8 Å². The van der Waals surface area contributed by atoms with E-state index in [4.69, 9.17) is 4.74 Å². The first-order valence-corrected chi connectivity index (χ1v) is 10.5. The molecule has 0 heterocycles. The number of methoxy groups -OCH3 is 1. The number of para-hydroxylation sites is 1. The van der Waals surface area contributed by atoms with Crippen LogP contribution >= 0.6 is 0 Å². The summed E-state index contributed by atoms with van der Waals surface area (Å²) >= 11 is 0. The lowest BCUT2D eigenvalue weighted by atomic mass is 10.3. The number of ether oxygens (including phenoxy) is 1. The van der Waals surface area contributed by atoms with E-state index in [0.717, 1.165) is 18.7 Å². The Hall–Kier alpha value is -2.58.